The molecule has 1 saturated heterocycles. The van der Waals surface area contributed by atoms with E-state index in [4.69, 9.17) is 9.47 Å². The van der Waals surface area contributed by atoms with Crippen LogP contribution in [0.25, 0.3) is 0 Å². The molecule has 0 atom stereocenters. The largest absolute Gasteiger partial charge is 0.497 e. The first-order chi connectivity index (χ1) is 9.26. The molecule has 1 amide bonds. The van der Waals surface area contributed by atoms with Gasteiger partial charge in [-0.25, -0.2) is 0 Å². The fourth-order valence-corrected chi connectivity index (χ4v) is 2.20. The summed E-state index contributed by atoms with van der Waals surface area (Å²) < 4.78 is 10.6. The van der Waals surface area contributed by atoms with Gasteiger partial charge in [-0.3, -0.25) is 4.79 Å². The monoisotopic (exact) mass is 264 g/mol. The Morgan fingerprint density at radius 2 is 2.05 bits per heavy atom. The summed E-state index contributed by atoms with van der Waals surface area (Å²) in [6, 6.07) is 5.50. The van der Waals surface area contributed by atoms with Gasteiger partial charge in [0.15, 0.2) is 0 Å². The Kier molecular flexibility index (Phi) is 4.63. The summed E-state index contributed by atoms with van der Waals surface area (Å²) in [6.45, 7) is 1.97. The molecule has 0 saturated carbocycles. The summed E-state index contributed by atoms with van der Waals surface area (Å²) in [5.41, 5.74) is 0.774. The van der Waals surface area contributed by atoms with Gasteiger partial charge in [-0.05, 0) is 31.5 Å². The molecule has 1 aromatic rings. The molecule has 2 rings (SSSR count). The number of methoxy groups -OCH3 is 2. The van der Waals surface area contributed by atoms with E-state index < -0.39 is 0 Å². The Balaban J connectivity index is 2.33. The van der Waals surface area contributed by atoms with Crippen molar-refractivity contribution in [3.8, 4) is 11.5 Å². The molecule has 104 valence electrons. The van der Waals surface area contributed by atoms with E-state index in [2.05, 4.69) is 5.32 Å². The number of anilines is 1. The van der Waals surface area contributed by atoms with Crippen LogP contribution >= 0.6 is 0 Å². The van der Waals surface area contributed by atoms with Crippen LogP contribution in [-0.2, 0) is 4.79 Å². The van der Waals surface area contributed by atoms with Crippen LogP contribution in [0.5, 0.6) is 11.5 Å². The van der Waals surface area contributed by atoms with Crippen molar-refractivity contribution in [2.45, 2.75) is 12.8 Å². The fraction of sp³-hybridized carbons (Fsp3) is 0.500. The third-order valence-electron chi connectivity index (χ3n) is 3.24. The van der Waals surface area contributed by atoms with Crippen LogP contribution in [0.3, 0.4) is 0 Å². The van der Waals surface area contributed by atoms with Gasteiger partial charge >= 0.3 is 0 Å². The van der Waals surface area contributed by atoms with Gasteiger partial charge in [0, 0.05) is 12.6 Å². The standard InChI is InChI=1S/C14H20N2O3/c1-18-11-5-6-13(19-2)12(9-11)16-8-4-3-7-15-10-14(16)17/h5-6,9,15H,3-4,7-8,10H2,1-2H3. The van der Waals surface area contributed by atoms with Crippen molar-refractivity contribution >= 4 is 11.6 Å². The van der Waals surface area contributed by atoms with Gasteiger partial charge in [0.1, 0.15) is 11.5 Å². The molecular weight excluding hydrogens is 244 g/mol. The van der Waals surface area contributed by atoms with Gasteiger partial charge in [0.2, 0.25) is 5.91 Å². The Bertz CT molecular complexity index is 448. The highest BCUT2D eigenvalue weighted by Crippen LogP contribution is 2.32. The highest BCUT2D eigenvalue weighted by molar-refractivity contribution is 5.96. The van der Waals surface area contributed by atoms with E-state index in [9.17, 15) is 4.79 Å². The zero-order chi connectivity index (χ0) is 13.7. The van der Waals surface area contributed by atoms with Gasteiger partial charge in [0.25, 0.3) is 0 Å². The van der Waals surface area contributed by atoms with E-state index in [0.717, 1.165) is 30.8 Å². The molecule has 0 spiro atoms. The molecule has 0 unspecified atom stereocenters. The second-order valence-electron chi connectivity index (χ2n) is 4.47. The van der Waals surface area contributed by atoms with Crippen LogP contribution in [0.2, 0.25) is 0 Å². The maximum atomic E-state index is 12.2. The lowest BCUT2D eigenvalue weighted by atomic mass is 10.2. The first kappa shape index (κ1) is 13.7. The smallest absolute Gasteiger partial charge is 0.241 e. The van der Waals surface area contributed by atoms with Crippen molar-refractivity contribution in [2.24, 2.45) is 0 Å². The molecule has 1 heterocycles. The zero-order valence-corrected chi connectivity index (χ0v) is 11.4. The third kappa shape index (κ3) is 3.17. The summed E-state index contributed by atoms with van der Waals surface area (Å²) in [5, 5.41) is 3.14. The highest BCUT2D eigenvalue weighted by atomic mass is 16.5. The molecule has 1 aliphatic rings. The van der Waals surface area contributed by atoms with Gasteiger partial charge in [-0.1, -0.05) is 0 Å². The second kappa shape index (κ2) is 6.43. The number of ether oxygens (including phenoxy) is 2. The van der Waals surface area contributed by atoms with Crippen LogP contribution in [0.15, 0.2) is 18.2 Å². The Labute approximate surface area is 113 Å². The molecule has 0 aliphatic carbocycles. The lowest BCUT2D eigenvalue weighted by molar-refractivity contribution is -0.118. The summed E-state index contributed by atoms with van der Waals surface area (Å²) in [6.07, 6.45) is 2.04. The molecule has 1 N–H and O–H groups in total. The average molecular weight is 264 g/mol. The predicted octanol–water partition coefficient (Wildman–Crippen LogP) is 1.42. The Hall–Kier alpha value is -1.75. The fourth-order valence-electron chi connectivity index (χ4n) is 2.20. The minimum absolute atomic E-state index is 0.0613. The number of carbonyl (C=O) groups excluding carboxylic acids is 1. The SMILES string of the molecule is COc1ccc(OC)c(N2CCCCNCC2=O)c1. The molecule has 1 aliphatic heterocycles. The number of benzene rings is 1. The normalized spacial score (nSPS) is 16.7. The van der Waals surface area contributed by atoms with Gasteiger partial charge in [0.05, 0.1) is 26.5 Å². The topological polar surface area (TPSA) is 50.8 Å². The minimum Gasteiger partial charge on any atom is -0.497 e. The minimum atomic E-state index is 0.0613. The summed E-state index contributed by atoms with van der Waals surface area (Å²) >= 11 is 0. The first-order valence-corrected chi connectivity index (χ1v) is 6.49. The van der Waals surface area contributed by atoms with Gasteiger partial charge in [-0.15, -0.1) is 0 Å². The number of amides is 1. The molecule has 1 aromatic carbocycles. The number of carbonyl (C=O) groups is 1. The van der Waals surface area contributed by atoms with E-state index in [1.807, 2.05) is 18.2 Å². The Morgan fingerprint density at radius 1 is 1.21 bits per heavy atom. The number of rotatable bonds is 3. The highest BCUT2D eigenvalue weighted by Gasteiger charge is 2.20. The van der Waals surface area contributed by atoms with Crippen molar-refractivity contribution in [3.63, 3.8) is 0 Å². The summed E-state index contributed by atoms with van der Waals surface area (Å²) in [5.74, 6) is 1.47. The molecule has 0 bridgehead atoms. The van der Waals surface area contributed by atoms with Crippen LogP contribution < -0.4 is 19.7 Å². The van der Waals surface area contributed by atoms with E-state index in [0.29, 0.717) is 18.8 Å². The van der Waals surface area contributed by atoms with Crippen molar-refractivity contribution in [1.29, 1.82) is 0 Å². The van der Waals surface area contributed by atoms with E-state index >= 15 is 0 Å². The van der Waals surface area contributed by atoms with Crippen molar-refractivity contribution in [1.82, 2.24) is 5.32 Å². The van der Waals surface area contributed by atoms with Crippen molar-refractivity contribution in [2.75, 3.05) is 38.8 Å². The molecule has 5 nitrogen and oxygen atoms in total. The Morgan fingerprint density at radius 3 is 2.79 bits per heavy atom. The third-order valence-corrected chi connectivity index (χ3v) is 3.24. The first-order valence-electron chi connectivity index (χ1n) is 6.49. The number of nitrogens with zero attached hydrogens (tertiary/aromatic N) is 1. The van der Waals surface area contributed by atoms with Gasteiger partial charge < -0.3 is 19.7 Å². The van der Waals surface area contributed by atoms with Gasteiger partial charge in [-0.2, -0.15) is 0 Å². The van der Waals surface area contributed by atoms with Crippen LogP contribution in [0.1, 0.15) is 12.8 Å². The maximum absolute atomic E-state index is 12.2. The van der Waals surface area contributed by atoms with Crippen molar-refractivity contribution < 1.29 is 14.3 Å². The predicted molar refractivity (Wildman–Crippen MR) is 74.0 cm³/mol. The van der Waals surface area contributed by atoms with Crippen LogP contribution in [-0.4, -0.2) is 39.8 Å². The molecule has 0 radical (unpaired) electrons. The molecular formula is C14H20N2O3. The van der Waals surface area contributed by atoms with E-state index in [1.165, 1.54) is 0 Å². The van der Waals surface area contributed by atoms with E-state index in [1.54, 1.807) is 19.1 Å². The quantitative estimate of drug-likeness (QED) is 0.897. The number of hydrogen-bond donors (Lipinski definition) is 1. The van der Waals surface area contributed by atoms with E-state index in [-0.39, 0.29) is 5.91 Å². The molecule has 0 aromatic heterocycles. The summed E-state index contributed by atoms with van der Waals surface area (Å²) in [4.78, 5) is 14.0. The molecule has 1 fully saturated rings. The number of nitrogens with one attached hydrogen (secondary N) is 1. The molecule has 19 heavy (non-hydrogen) atoms. The maximum Gasteiger partial charge on any atom is 0.241 e. The summed E-state index contributed by atoms with van der Waals surface area (Å²) in [7, 11) is 3.22. The second-order valence-corrected chi connectivity index (χ2v) is 4.47. The average Bonchev–Trinajstić information content (AvgIpc) is 2.43. The lowest BCUT2D eigenvalue weighted by Crippen LogP contribution is -2.41. The lowest BCUT2D eigenvalue weighted by Gasteiger charge is -2.27. The van der Waals surface area contributed by atoms with Crippen LogP contribution in [0.4, 0.5) is 5.69 Å². The number of hydrogen-bond acceptors (Lipinski definition) is 4. The molecule has 5 heteroatoms. The zero-order valence-electron chi connectivity index (χ0n) is 11.4. The van der Waals surface area contributed by atoms with Crippen molar-refractivity contribution in [3.05, 3.63) is 18.2 Å². The van der Waals surface area contributed by atoms with Crippen LogP contribution in [0, 0.1) is 0 Å².